The van der Waals surface area contributed by atoms with Crippen LogP contribution in [0.4, 0.5) is 0 Å². The summed E-state index contributed by atoms with van der Waals surface area (Å²) in [6, 6.07) is 16.7. The minimum atomic E-state index is -3.56. The number of thiophene rings is 1. The zero-order valence-electron chi connectivity index (χ0n) is 18.4. The summed E-state index contributed by atoms with van der Waals surface area (Å²) in [6.45, 7) is 3.95. The summed E-state index contributed by atoms with van der Waals surface area (Å²) in [5.41, 5.74) is 3.09. The highest BCUT2D eigenvalue weighted by molar-refractivity contribution is 7.89. The Balaban J connectivity index is 1.26. The van der Waals surface area contributed by atoms with Crippen molar-refractivity contribution in [2.45, 2.75) is 31.3 Å². The third-order valence-electron chi connectivity index (χ3n) is 6.23. The highest BCUT2D eigenvalue weighted by Gasteiger charge is 2.29. The number of hydrogen-bond acceptors (Lipinski definition) is 5. The molecule has 0 saturated carbocycles. The minimum absolute atomic E-state index is 0.0120. The van der Waals surface area contributed by atoms with Crippen LogP contribution in [0.3, 0.4) is 0 Å². The smallest absolute Gasteiger partial charge is 0.263 e. The van der Waals surface area contributed by atoms with Gasteiger partial charge in [0.05, 0.1) is 9.77 Å². The number of nitrogens with one attached hydrogen (secondary N) is 1. The lowest BCUT2D eigenvalue weighted by molar-refractivity contribution is 0.0681. The Bertz CT molecular complexity index is 1280. The van der Waals surface area contributed by atoms with E-state index in [9.17, 15) is 13.2 Å². The van der Waals surface area contributed by atoms with Crippen LogP contribution in [0.5, 0.6) is 5.75 Å². The lowest BCUT2D eigenvalue weighted by Crippen LogP contribution is -2.43. The second-order valence-corrected chi connectivity index (χ2v) is 11.5. The number of carbonyl (C=O) groups excluding carboxylic acids is 1. The van der Waals surface area contributed by atoms with Crippen LogP contribution >= 0.6 is 11.3 Å². The molecule has 1 fully saturated rings. The molecule has 2 aliphatic heterocycles. The largest absolute Gasteiger partial charge is 0.488 e. The number of piperidine rings is 1. The number of fused-ring (bicyclic) bond motifs is 3. The molecule has 3 aromatic rings. The molecule has 2 aromatic carbocycles. The van der Waals surface area contributed by atoms with Crippen molar-refractivity contribution in [1.29, 1.82) is 0 Å². The molecule has 172 valence electrons. The number of sulfonamides is 1. The van der Waals surface area contributed by atoms with Crippen molar-refractivity contribution in [3.63, 3.8) is 0 Å². The van der Waals surface area contributed by atoms with Gasteiger partial charge in [-0.15, -0.1) is 11.3 Å². The van der Waals surface area contributed by atoms with E-state index >= 15 is 0 Å². The second-order valence-electron chi connectivity index (χ2n) is 8.67. The summed E-state index contributed by atoms with van der Waals surface area (Å²) < 4.78 is 33.8. The lowest BCUT2D eigenvalue weighted by Gasteiger charge is -2.32. The molecule has 0 aliphatic carbocycles. The quantitative estimate of drug-likeness (QED) is 0.583. The van der Waals surface area contributed by atoms with Gasteiger partial charge in [0.15, 0.2) is 0 Å². The third-order valence-corrected chi connectivity index (χ3v) is 8.87. The fourth-order valence-corrected chi connectivity index (χ4v) is 6.69. The summed E-state index contributed by atoms with van der Waals surface area (Å²) in [5.74, 6) is 0.948. The predicted molar refractivity (Wildman–Crippen MR) is 129 cm³/mol. The van der Waals surface area contributed by atoms with Gasteiger partial charge in [-0.25, -0.2) is 13.1 Å². The summed E-state index contributed by atoms with van der Waals surface area (Å²) in [5, 5.41) is 0. The fraction of sp³-hybridized carbons (Fsp3) is 0.320. The van der Waals surface area contributed by atoms with Crippen molar-refractivity contribution in [3.8, 4) is 16.2 Å². The highest BCUT2D eigenvalue weighted by Crippen LogP contribution is 2.42. The van der Waals surface area contributed by atoms with Crippen molar-refractivity contribution in [2.24, 2.45) is 5.92 Å². The predicted octanol–water partition coefficient (Wildman–Crippen LogP) is 4.45. The van der Waals surface area contributed by atoms with Gasteiger partial charge in [-0.1, -0.05) is 29.8 Å². The van der Waals surface area contributed by atoms with Crippen molar-refractivity contribution in [3.05, 3.63) is 70.6 Å². The molecule has 1 unspecified atom stereocenters. The molecule has 33 heavy (non-hydrogen) atoms. The maximum atomic E-state index is 13.3. The molecular formula is C25H26N2O4S2. The van der Waals surface area contributed by atoms with Crippen LogP contribution in [0.2, 0.25) is 0 Å². The Kier molecular flexibility index (Phi) is 5.99. The SMILES string of the molecule is Cc1ccc(S(=O)(=O)NCC2CCCN(C(=O)c3cc4c(s3)-c3ccccc3OC4)C2)cc1. The van der Waals surface area contributed by atoms with Gasteiger partial charge in [-0.05, 0) is 56.0 Å². The number of rotatable bonds is 5. The van der Waals surface area contributed by atoms with Crippen molar-refractivity contribution >= 4 is 27.3 Å². The Morgan fingerprint density at radius 3 is 2.79 bits per heavy atom. The molecule has 1 saturated heterocycles. The Hall–Kier alpha value is -2.68. The first-order valence-electron chi connectivity index (χ1n) is 11.1. The van der Waals surface area contributed by atoms with E-state index < -0.39 is 10.0 Å². The van der Waals surface area contributed by atoms with Crippen LogP contribution < -0.4 is 9.46 Å². The molecule has 1 aromatic heterocycles. The van der Waals surface area contributed by atoms with E-state index in [-0.39, 0.29) is 16.7 Å². The summed E-state index contributed by atoms with van der Waals surface area (Å²) in [7, 11) is -3.56. The van der Waals surface area contributed by atoms with Gasteiger partial charge in [-0.3, -0.25) is 4.79 Å². The van der Waals surface area contributed by atoms with E-state index in [4.69, 9.17) is 4.74 Å². The van der Waals surface area contributed by atoms with Gasteiger partial charge in [0.25, 0.3) is 5.91 Å². The maximum Gasteiger partial charge on any atom is 0.263 e. The van der Waals surface area contributed by atoms with Crippen molar-refractivity contribution in [2.75, 3.05) is 19.6 Å². The number of aryl methyl sites for hydroxylation is 1. The van der Waals surface area contributed by atoms with Crippen molar-refractivity contribution in [1.82, 2.24) is 9.62 Å². The molecule has 3 heterocycles. The number of ether oxygens (including phenoxy) is 1. The molecule has 8 heteroatoms. The first-order valence-corrected chi connectivity index (χ1v) is 13.4. The number of nitrogens with zero attached hydrogens (tertiary/aromatic N) is 1. The molecule has 0 radical (unpaired) electrons. The summed E-state index contributed by atoms with van der Waals surface area (Å²) in [6.07, 6.45) is 1.75. The summed E-state index contributed by atoms with van der Waals surface area (Å²) in [4.78, 5) is 17.2. The number of amides is 1. The molecule has 1 N–H and O–H groups in total. The number of likely N-dealkylation sites (tertiary alicyclic amines) is 1. The number of carbonyl (C=O) groups is 1. The lowest BCUT2D eigenvalue weighted by atomic mass is 9.98. The fourth-order valence-electron chi connectivity index (χ4n) is 4.41. The molecule has 6 nitrogen and oxygen atoms in total. The number of hydrogen-bond donors (Lipinski definition) is 1. The first-order chi connectivity index (χ1) is 15.9. The minimum Gasteiger partial charge on any atom is -0.488 e. The topological polar surface area (TPSA) is 75.7 Å². The highest BCUT2D eigenvalue weighted by atomic mass is 32.2. The van der Waals surface area contributed by atoms with Crippen LogP contribution in [0.15, 0.2) is 59.5 Å². The average Bonchev–Trinajstić information content (AvgIpc) is 3.28. The monoisotopic (exact) mass is 482 g/mol. The molecule has 0 bridgehead atoms. The van der Waals surface area contributed by atoms with Gasteiger partial charge in [0.1, 0.15) is 12.4 Å². The van der Waals surface area contributed by atoms with E-state index in [0.29, 0.717) is 31.1 Å². The van der Waals surface area contributed by atoms with Gasteiger partial charge >= 0.3 is 0 Å². The van der Waals surface area contributed by atoms with Crippen LogP contribution in [-0.2, 0) is 16.6 Å². The first kappa shape index (κ1) is 22.1. The molecule has 2 aliphatic rings. The van der Waals surface area contributed by atoms with Gasteiger partial charge in [0, 0.05) is 35.6 Å². The Morgan fingerprint density at radius 2 is 1.97 bits per heavy atom. The maximum absolute atomic E-state index is 13.3. The van der Waals surface area contributed by atoms with Crippen LogP contribution in [0.25, 0.3) is 10.4 Å². The van der Waals surface area contributed by atoms with Gasteiger partial charge < -0.3 is 9.64 Å². The molecular weight excluding hydrogens is 456 g/mol. The second kappa shape index (κ2) is 8.93. The molecule has 5 rings (SSSR count). The van der Waals surface area contributed by atoms with E-state index in [0.717, 1.165) is 40.2 Å². The molecule has 1 amide bonds. The average molecular weight is 483 g/mol. The Morgan fingerprint density at radius 1 is 1.18 bits per heavy atom. The zero-order chi connectivity index (χ0) is 23.0. The van der Waals surface area contributed by atoms with Gasteiger partial charge in [-0.2, -0.15) is 0 Å². The van der Waals surface area contributed by atoms with E-state index in [1.165, 1.54) is 11.3 Å². The molecule has 1 atom stereocenters. The Labute approximate surface area is 198 Å². The van der Waals surface area contributed by atoms with Crippen LogP contribution in [-0.4, -0.2) is 38.9 Å². The van der Waals surface area contributed by atoms with E-state index in [2.05, 4.69) is 4.72 Å². The van der Waals surface area contributed by atoms with Crippen LogP contribution in [0, 0.1) is 12.8 Å². The third kappa shape index (κ3) is 4.55. The van der Waals surface area contributed by atoms with Gasteiger partial charge in [0.2, 0.25) is 10.0 Å². The summed E-state index contributed by atoms with van der Waals surface area (Å²) >= 11 is 1.51. The zero-order valence-corrected chi connectivity index (χ0v) is 20.0. The number of para-hydroxylation sites is 1. The van der Waals surface area contributed by atoms with Crippen molar-refractivity contribution < 1.29 is 17.9 Å². The molecule has 0 spiro atoms. The van der Waals surface area contributed by atoms with Crippen LogP contribution in [0.1, 0.15) is 33.6 Å². The number of benzene rings is 2. The van der Waals surface area contributed by atoms with E-state index in [1.807, 2.05) is 42.2 Å². The van der Waals surface area contributed by atoms with E-state index in [1.54, 1.807) is 24.3 Å². The standard InChI is InChI=1S/C25H26N2O4S2/c1-17-8-10-20(11-9-17)33(29,30)26-14-18-5-4-12-27(15-18)25(28)23-13-19-16-31-22-7-3-2-6-21(22)24(19)32-23/h2-3,6-11,13,18,26H,4-5,12,14-16H2,1H3. The normalized spacial score (nSPS) is 17.7.